The third kappa shape index (κ3) is 1.86. The maximum Gasteiger partial charge on any atom is 0.313 e. The standard InChI is InChI=1S/C11H10N4O3/c12-11-15-14-10(18-11)6-1-2-8-7(5-6)13-9(16)3-4-17-8/h1-2,5H,3-4H2,(H2,12,15)(H,13,16). The van der Waals surface area contributed by atoms with Crippen LogP contribution in [0.1, 0.15) is 6.42 Å². The van der Waals surface area contributed by atoms with Gasteiger partial charge in [0.1, 0.15) is 5.75 Å². The van der Waals surface area contributed by atoms with Gasteiger partial charge < -0.3 is 20.2 Å². The molecule has 3 N–H and O–H groups in total. The van der Waals surface area contributed by atoms with Crippen molar-refractivity contribution in [2.24, 2.45) is 0 Å². The molecule has 0 aliphatic carbocycles. The van der Waals surface area contributed by atoms with Gasteiger partial charge in [-0.2, -0.15) is 0 Å². The van der Waals surface area contributed by atoms with Crippen LogP contribution in [0.15, 0.2) is 22.6 Å². The number of hydrogen-bond acceptors (Lipinski definition) is 6. The molecular formula is C11H10N4O3. The first-order chi connectivity index (χ1) is 8.72. The number of hydrogen-bond donors (Lipinski definition) is 2. The number of carbonyl (C=O) groups is 1. The second-order valence-electron chi connectivity index (χ2n) is 3.80. The fraction of sp³-hybridized carbons (Fsp3) is 0.182. The van der Waals surface area contributed by atoms with Gasteiger partial charge >= 0.3 is 6.01 Å². The number of benzene rings is 1. The summed E-state index contributed by atoms with van der Waals surface area (Å²) in [4.78, 5) is 11.4. The number of fused-ring (bicyclic) bond motifs is 1. The third-order valence-corrected chi connectivity index (χ3v) is 2.53. The first-order valence-corrected chi connectivity index (χ1v) is 5.38. The van der Waals surface area contributed by atoms with Crippen molar-refractivity contribution < 1.29 is 13.9 Å². The Kier molecular flexibility index (Phi) is 2.36. The van der Waals surface area contributed by atoms with Gasteiger partial charge in [-0.05, 0) is 18.2 Å². The summed E-state index contributed by atoms with van der Waals surface area (Å²) < 4.78 is 10.6. The number of nitrogen functional groups attached to an aromatic ring is 1. The molecule has 92 valence electrons. The Morgan fingerprint density at radius 3 is 3.00 bits per heavy atom. The van der Waals surface area contributed by atoms with E-state index in [1.165, 1.54) is 0 Å². The molecule has 1 aliphatic rings. The van der Waals surface area contributed by atoms with Crippen molar-refractivity contribution in [3.8, 4) is 17.2 Å². The lowest BCUT2D eigenvalue weighted by atomic mass is 10.2. The summed E-state index contributed by atoms with van der Waals surface area (Å²) in [5, 5.41) is 10.1. The molecule has 1 aromatic heterocycles. The number of anilines is 2. The highest BCUT2D eigenvalue weighted by Crippen LogP contribution is 2.31. The lowest BCUT2D eigenvalue weighted by molar-refractivity contribution is -0.116. The Bertz CT molecular complexity index is 608. The van der Waals surface area contributed by atoms with E-state index >= 15 is 0 Å². The Morgan fingerprint density at radius 2 is 2.22 bits per heavy atom. The van der Waals surface area contributed by atoms with E-state index in [0.717, 1.165) is 0 Å². The zero-order chi connectivity index (χ0) is 12.5. The number of nitrogens with one attached hydrogen (secondary N) is 1. The molecule has 7 heteroatoms. The SMILES string of the molecule is Nc1nnc(-c2ccc3c(c2)NC(=O)CCO3)o1. The van der Waals surface area contributed by atoms with Crippen LogP contribution in [-0.4, -0.2) is 22.7 Å². The number of rotatable bonds is 1. The van der Waals surface area contributed by atoms with E-state index in [-0.39, 0.29) is 11.9 Å². The van der Waals surface area contributed by atoms with Crippen molar-refractivity contribution in [3.63, 3.8) is 0 Å². The highest BCUT2D eigenvalue weighted by Gasteiger charge is 2.16. The van der Waals surface area contributed by atoms with Crippen LogP contribution in [0, 0.1) is 0 Å². The van der Waals surface area contributed by atoms with E-state index in [0.29, 0.717) is 35.9 Å². The van der Waals surface area contributed by atoms with Crippen molar-refractivity contribution >= 4 is 17.6 Å². The van der Waals surface area contributed by atoms with Gasteiger partial charge in [-0.25, -0.2) is 0 Å². The average molecular weight is 246 g/mol. The molecule has 1 aliphatic heterocycles. The monoisotopic (exact) mass is 246 g/mol. The predicted molar refractivity (Wildman–Crippen MR) is 62.9 cm³/mol. The minimum Gasteiger partial charge on any atom is -0.491 e. The first-order valence-electron chi connectivity index (χ1n) is 5.38. The Hall–Kier alpha value is -2.57. The largest absolute Gasteiger partial charge is 0.491 e. The summed E-state index contributed by atoms with van der Waals surface area (Å²) in [5.74, 6) is 0.835. The van der Waals surface area contributed by atoms with Crippen LogP contribution in [0.2, 0.25) is 0 Å². The van der Waals surface area contributed by atoms with E-state index in [1.54, 1.807) is 18.2 Å². The molecule has 0 atom stereocenters. The normalized spacial score (nSPS) is 14.3. The fourth-order valence-electron chi connectivity index (χ4n) is 1.70. The van der Waals surface area contributed by atoms with Crippen molar-refractivity contribution in [1.29, 1.82) is 0 Å². The third-order valence-electron chi connectivity index (χ3n) is 2.53. The zero-order valence-corrected chi connectivity index (χ0v) is 9.34. The molecule has 0 unspecified atom stereocenters. The fourth-order valence-corrected chi connectivity index (χ4v) is 1.70. The number of aromatic nitrogens is 2. The van der Waals surface area contributed by atoms with Gasteiger partial charge in [-0.15, -0.1) is 5.10 Å². The minimum atomic E-state index is -0.0871. The van der Waals surface area contributed by atoms with Crippen LogP contribution in [0.4, 0.5) is 11.7 Å². The average Bonchev–Trinajstić information content (AvgIpc) is 2.69. The van der Waals surface area contributed by atoms with Crippen molar-refractivity contribution in [2.75, 3.05) is 17.7 Å². The summed E-state index contributed by atoms with van der Waals surface area (Å²) in [7, 11) is 0. The smallest absolute Gasteiger partial charge is 0.313 e. The molecule has 0 radical (unpaired) electrons. The van der Waals surface area contributed by atoms with Gasteiger partial charge in [0, 0.05) is 5.56 Å². The number of ether oxygens (including phenoxy) is 1. The van der Waals surface area contributed by atoms with E-state index < -0.39 is 0 Å². The molecule has 1 amide bonds. The molecule has 0 bridgehead atoms. The van der Waals surface area contributed by atoms with Crippen LogP contribution >= 0.6 is 0 Å². The molecule has 7 nitrogen and oxygen atoms in total. The Morgan fingerprint density at radius 1 is 1.33 bits per heavy atom. The number of carbonyl (C=O) groups excluding carboxylic acids is 1. The first kappa shape index (κ1) is 10.6. The maximum absolute atomic E-state index is 11.4. The quantitative estimate of drug-likeness (QED) is 0.779. The van der Waals surface area contributed by atoms with Crippen molar-refractivity contribution in [2.45, 2.75) is 6.42 Å². The van der Waals surface area contributed by atoms with Crippen molar-refractivity contribution in [1.82, 2.24) is 10.2 Å². The van der Waals surface area contributed by atoms with Gasteiger partial charge in [0.05, 0.1) is 18.7 Å². The molecule has 0 fully saturated rings. The molecular weight excluding hydrogens is 236 g/mol. The highest BCUT2D eigenvalue weighted by molar-refractivity contribution is 5.93. The van der Waals surface area contributed by atoms with Crippen LogP contribution in [0.5, 0.6) is 5.75 Å². The summed E-state index contributed by atoms with van der Waals surface area (Å²) in [6.07, 6.45) is 0.331. The molecule has 18 heavy (non-hydrogen) atoms. The highest BCUT2D eigenvalue weighted by atomic mass is 16.5. The maximum atomic E-state index is 11.4. The van der Waals surface area contributed by atoms with Gasteiger partial charge in [0.25, 0.3) is 0 Å². The van der Waals surface area contributed by atoms with Crippen LogP contribution in [0.3, 0.4) is 0 Å². The summed E-state index contributed by atoms with van der Waals surface area (Å²) in [5.41, 5.74) is 6.63. The molecule has 1 aromatic carbocycles. The molecule has 0 spiro atoms. The topological polar surface area (TPSA) is 103 Å². The van der Waals surface area contributed by atoms with E-state index in [4.69, 9.17) is 14.9 Å². The number of nitrogens with zero attached hydrogens (tertiary/aromatic N) is 2. The van der Waals surface area contributed by atoms with E-state index in [1.807, 2.05) is 0 Å². The lowest BCUT2D eigenvalue weighted by Crippen LogP contribution is -2.10. The van der Waals surface area contributed by atoms with Gasteiger partial charge in [-0.1, -0.05) is 5.10 Å². The number of nitrogens with two attached hydrogens (primary N) is 1. The van der Waals surface area contributed by atoms with Crippen LogP contribution in [-0.2, 0) is 4.79 Å². The molecule has 0 saturated heterocycles. The van der Waals surface area contributed by atoms with Gasteiger partial charge in [-0.3, -0.25) is 4.79 Å². The van der Waals surface area contributed by atoms with E-state index in [2.05, 4.69) is 15.5 Å². The summed E-state index contributed by atoms with van der Waals surface area (Å²) in [6, 6.07) is 5.23. The Labute approximate surface area is 102 Å². The van der Waals surface area contributed by atoms with Crippen LogP contribution < -0.4 is 15.8 Å². The van der Waals surface area contributed by atoms with Crippen LogP contribution in [0.25, 0.3) is 11.5 Å². The number of amides is 1. The predicted octanol–water partition coefficient (Wildman–Crippen LogP) is 1.04. The zero-order valence-electron chi connectivity index (χ0n) is 9.34. The van der Waals surface area contributed by atoms with Gasteiger partial charge in [0.15, 0.2) is 0 Å². The lowest BCUT2D eigenvalue weighted by Gasteiger charge is -2.07. The van der Waals surface area contributed by atoms with Gasteiger partial charge in [0.2, 0.25) is 11.8 Å². The Balaban J connectivity index is 2.02. The second-order valence-corrected chi connectivity index (χ2v) is 3.80. The molecule has 3 rings (SSSR count). The molecule has 2 aromatic rings. The molecule has 0 saturated carbocycles. The minimum absolute atomic E-state index is 0.000212. The van der Waals surface area contributed by atoms with E-state index in [9.17, 15) is 4.79 Å². The summed E-state index contributed by atoms with van der Waals surface area (Å²) in [6.45, 7) is 0.367. The second kappa shape index (κ2) is 4.02. The summed E-state index contributed by atoms with van der Waals surface area (Å²) >= 11 is 0. The van der Waals surface area contributed by atoms with Crippen molar-refractivity contribution in [3.05, 3.63) is 18.2 Å². The molecule has 2 heterocycles.